The largest absolute Gasteiger partial charge is 0.374 e. The predicted octanol–water partition coefficient (Wildman–Crippen LogP) is 2.31. The van der Waals surface area contributed by atoms with E-state index in [9.17, 15) is 0 Å². The fraction of sp³-hybridized carbons (Fsp3) is 0.571. The van der Waals surface area contributed by atoms with Gasteiger partial charge in [-0.1, -0.05) is 28.1 Å². The summed E-state index contributed by atoms with van der Waals surface area (Å²) in [5.74, 6) is 0. The van der Waals surface area contributed by atoms with E-state index in [0.717, 1.165) is 23.7 Å². The summed E-state index contributed by atoms with van der Waals surface area (Å²) in [5.41, 5.74) is 7.20. The van der Waals surface area contributed by atoms with Gasteiger partial charge in [-0.25, -0.2) is 0 Å². The van der Waals surface area contributed by atoms with Crippen molar-refractivity contribution in [1.82, 2.24) is 4.90 Å². The molecule has 0 radical (unpaired) electrons. The molecule has 2 aliphatic rings. The van der Waals surface area contributed by atoms with Gasteiger partial charge in [0.05, 0.1) is 18.8 Å². The SMILES string of the molecule is NCC1OCCN(C2CC2)C1c1cccc(Br)c1. The van der Waals surface area contributed by atoms with E-state index in [2.05, 4.69) is 45.1 Å². The Morgan fingerprint density at radius 3 is 2.89 bits per heavy atom. The van der Waals surface area contributed by atoms with Crippen LogP contribution in [0.3, 0.4) is 0 Å². The molecular weight excluding hydrogens is 292 g/mol. The lowest BCUT2D eigenvalue weighted by Gasteiger charge is -2.41. The number of benzene rings is 1. The topological polar surface area (TPSA) is 38.5 Å². The maximum absolute atomic E-state index is 5.89. The van der Waals surface area contributed by atoms with Crippen LogP contribution in [-0.2, 0) is 4.74 Å². The number of ether oxygens (including phenoxy) is 1. The standard InChI is InChI=1S/C14H19BrN2O/c15-11-3-1-2-10(8-11)14-13(9-16)18-7-6-17(14)12-4-5-12/h1-3,8,12-14H,4-7,9,16H2. The van der Waals surface area contributed by atoms with Crippen LogP contribution in [0.15, 0.2) is 28.7 Å². The molecule has 0 aromatic heterocycles. The second-order valence-electron chi connectivity index (χ2n) is 5.11. The summed E-state index contributed by atoms with van der Waals surface area (Å²) in [4.78, 5) is 2.59. The fourth-order valence-corrected chi connectivity index (χ4v) is 3.28. The minimum Gasteiger partial charge on any atom is -0.374 e. The maximum Gasteiger partial charge on any atom is 0.0894 e. The number of halogens is 1. The quantitative estimate of drug-likeness (QED) is 0.931. The summed E-state index contributed by atoms with van der Waals surface area (Å²) in [6, 6.07) is 9.58. The Morgan fingerprint density at radius 1 is 1.39 bits per heavy atom. The van der Waals surface area contributed by atoms with E-state index in [1.54, 1.807) is 0 Å². The van der Waals surface area contributed by atoms with Crippen molar-refractivity contribution < 1.29 is 4.74 Å². The molecule has 1 aliphatic carbocycles. The van der Waals surface area contributed by atoms with Crippen LogP contribution in [0.1, 0.15) is 24.4 Å². The van der Waals surface area contributed by atoms with E-state index in [1.807, 2.05) is 0 Å². The maximum atomic E-state index is 5.89. The Balaban J connectivity index is 1.91. The molecule has 3 nitrogen and oxygen atoms in total. The third kappa shape index (κ3) is 2.48. The number of nitrogens with two attached hydrogens (primary N) is 1. The number of hydrogen-bond donors (Lipinski definition) is 1. The molecule has 1 aromatic rings. The molecule has 0 spiro atoms. The van der Waals surface area contributed by atoms with E-state index in [4.69, 9.17) is 10.5 Å². The molecule has 2 unspecified atom stereocenters. The summed E-state index contributed by atoms with van der Waals surface area (Å²) >= 11 is 3.55. The van der Waals surface area contributed by atoms with Crippen molar-refractivity contribution in [1.29, 1.82) is 0 Å². The zero-order chi connectivity index (χ0) is 12.5. The number of morpholine rings is 1. The highest BCUT2D eigenvalue weighted by Crippen LogP contribution is 2.39. The van der Waals surface area contributed by atoms with Gasteiger partial charge in [0.25, 0.3) is 0 Å². The van der Waals surface area contributed by atoms with Crippen LogP contribution in [0, 0.1) is 0 Å². The monoisotopic (exact) mass is 310 g/mol. The first-order chi connectivity index (χ1) is 8.79. The molecule has 0 amide bonds. The van der Waals surface area contributed by atoms with Gasteiger partial charge in [-0.15, -0.1) is 0 Å². The Bertz CT molecular complexity index is 422. The molecule has 2 N–H and O–H groups in total. The average molecular weight is 311 g/mol. The zero-order valence-electron chi connectivity index (χ0n) is 10.4. The first-order valence-electron chi connectivity index (χ1n) is 6.62. The molecule has 1 heterocycles. The molecule has 18 heavy (non-hydrogen) atoms. The highest BCUT2D eigenvalue weighted by atomic mass is 79.9. The lowest BCUT2D eigenvalue weighted by Crippen LogP contribution is -2.49. The van der Waals surface area contributed by atoms with Gasteiger partial charge in [0.1, 0.15) is 0 Å². The Morgan fingerprint density at radius 2 is 2.22 bits per heavy atom. The van der Waals surface area contributed by atoms with Gasteiger partial charge in [0, 0.05) is 23.6 Å². The molecule has 2 fully saturated rings. The second-order valence-corrected chi connectivity index (χ2v) is 6.03. The summed E-state index contributed by atoms with van der Waals surface area (Å²) in [6.07, 6.45) is 2.76. The number of rotatable bonds is 3. The van der Waals surface area contributed by atoms with Crippen LogP contribution in [-0.4, -0.2) is 36.7 Å². The minimum absolute atomic E-state index is 0.119. The van der Waals surface area contributed by atoms with Gasteiger partial charge in [-0.3, -0.25) is 4.90 Å². The van der Waals surface area contributed by atoms with Crippen LogP contribution in [0.25, 0.3) is 0 Å². The Labute approximate surface area is 116 Å². The van der Waals surface area contributed by atoms with Crippen molar-refractivity contribution >= 4 is 15.9 Å². The lowest BCUT2D eigenvalue weighted by molar-refractivity contribution is -0.0712. The highest BCUT2D eigenvalue weighted by molar-refractivity contribution is 9.10. The normalized spacial score (nSPS) is 29.4. The van der Waals surface area contributed by atoms with Gasteiger partial charge >= 0.3 is 0 Å². The van der Waals surface area contributed by atoms with Gasteiger partial charge < -0.3 is 10.5 Å². The van der Waals surface area contributed by atoms with Gasteiger partial charge in [0.15, 0.2) is 0 Å². The van der Waals surface area contributed by atoms with E-state index in [1.165, 1.54) is 18.4 Å². The summed E-state index contributed by atoms with van der Waals surface area (Å²) < 4.78 is 6.98. The third-order valence-corrected chi connectivity index (χ3v) is 4.32. The van der Waals surface area contributed by atoms with Crippen LogP contribution in [0.2, 0.25) is 0 Å². The predicted molar refractivity (Wildman–Crippen MR) is 75.4 cm³/mol. The van der Waals surface area contributed by atoms with Crippen LogP contribution < -0.4 is 5.73 Å². The average Bonchev–Trinajstić information content (AvgIpc) is 3.22. The fourth-order valence-electron chi connectivity index (χ4n) is 2.86. The molecule has 1 aliphatic heterocycles. The van der Waals surface area contributed by atoms with E-state index in [-0.39, 0.29) is 6.10 Å². The van der Waals surface area contributed by atoms with Crippen molar-refractivity contribution in [3.63, 3.8) is 0 Å². The molecule has 1 saturated heterocycles. The number of nitrogens with zero attached hydrogens (tertiary/aromatic N) is 1. The summed E-state index contributed by atoms with van der Waals surface area (Å²) in [7, 11) is 0. The van der Waals surface area contributed by atoms with Gasteiger partial charge in [0.2, 0.25) is 0 Å². The molecule has 98 valence electrons. The molecular formula is C14H19BrN2O. The minimum atomic E-state index is 0.119. The first-order valence-corrected chi connectivity index (χ1v) is 7.42. The van der Waals surface area contributed by atoms with Gasteiger partial charge in [-0.2, -0.15) is 0 Å². The molecule has 3 rings (SSSR count). The van der Waals surface area contributed by atoms with Crippen molar-refractivity contribution in [2.24, 2.45) is 5.73 Å². The molecule has 2 atom stereocenters. The van der Waals surface area contributed by atoms with E-state index in [0.29, 0.717) is 12.6 Å². The van der Waals surface area contributed by atoms with Crippen LogP contribution in [0.5, 0.6) is 0 Å². The molecule has 0 bridgehead atoms. The second kappa shape index (κ2) is 5.29. The van der Waals surface area contributed by atoms with Gasteiger partial charge in [-0.05, 0) is 30.5 Å². The van der Waals surface area contributed by atoms with Crippen LogP contribution >= 0.6 is 15.9 Å². The Hall–Kier alpha value is -0.420. The van der Waals surface area contributed by atoms with Crippen molar-refractivity contribution in [2.75, 3.05) is 19.7 Å². The van der Waals surface area contributed by atoms with Crippen LogP contribution in [0.4, 0.5) is 0 Å². The van der Waals surface area contributed by atoms with E-state index >= 15 is 0 Å². The first kappa shape index (κ1) is 12.6. The summed E-state index contributed by atoms with van der Waals surface area (Å²) in [6.45, 7) is 2.42. The highest BCUT2D eigenvalue weighted by Gasteiger charge is 2.40. The Kier molecular flexibility index (Phi) is 3.71. The van der Waals surface area contributed by atoms with Crippen molar-refractivity contribution in [3.05, 3.63) is 34.3 Å². The van der Waals surface area contributed by atoms with E-state index < -0.39 is 0 Å². The van der Waals surface area contributed by atoms with Crippen molar-refractivity contribution in [3.8, 4) is 0 Å². The zero-order valence-corrected chi connectivity index (χ0v) is 12.0. The smallest absolute Gasteiger partial charge is 0.0894 e. The summed E-state index contributed by atoms with van der Waals surface area (Å²) in [5, 5.41) is 0. The van der Waals surface area contributed by atoms with Crippen molar-refractivity contribution in [2.45, 2.75) is 31.0 Å². The number of hydrogen-bond acceptors (Lipinski definition) is 3. The molecule has 1 saturated carbocycles. The third-order valence-electron chi connectivity index (χ3n) is 3.83. The molecule has 1 aromatic carbocycles. The molecule has 4 heteroatoms. The lowest BCUT2D eigenvalue weighted by atomic mass is 9.98.